The van der Waals surface area contributed by atoms with Crippen LogP contribution in [0.4, 0.5) is 14.5 Å². The van der Waals surface area contributed by atoms with Crippen molar-refractivity contribution in [3.05, 3.63) is 29.3 Å². The van der Waals surface area contributed by atoms with Gasteiger partial charge in [-0.05, 0) is 26.8 Å². The van der Waals surface area contributed by atoms with E-state index in [2.05, 4.69) is 0 Å². The number of nitrogen functional groups attached to an aromatic ring is 1. The fourth-order valence-corrected chi connectivity index (χ4v) is 1.30. The van der Waals surface area contributed by atoms with E-state index in [1.54, 1.807) is 0 Å². The summed E-state index contributed by atoms with van der Waals surface area (Å²) in [6, 6.07) is 1.47. The van der Waals surface area contributed by atoms with E-state index in [9.17, 15) is 13.6 Å². The first-order valence-corrected chi connectivity index (χ1v) is 5.76. The molecule has 1 aromatic rings. The average molecular weight is 273 g/mol. The number of hydrogen-bond donors (Lipinski definition) is 1. The molecule has 106 valence electrons. The average Bonchev–Trinajstić information content (AvgIpc) is 2.28. The molecule has 0 aromatic heterocycles. The maximum Gasteiger partial charge on any atom is 0.340 e. The maximum atomic E-state index is 13.0. The molecule has 6 heteroatoms. The molecule has 0 aliphatic heterocycles. The van der Waals surface area contributed by atoms with E-state index in [1.807, 2.05) is 20.8 Å². The van der Waals surface area contributed by atoms with E-state index in [4.69, 9.17) is 15.2 Å². The van der Waals surface area contributed by atoms with Crippen LogP contribution in [0.2, 0.25) is 0 Å². The van der Waals surface area contributed by atoms with Gasteiger partial charge in [0, 0.05) is 11.8 Å². The third-order valence-corrected chi connectivity index (χ3v) is 2.16. The Kier molecular flexibility index (Phi) is 4.83. The fourth-order valence-electron chi connectivity index (χ4n) is 1.30. The molecule has 0 aliphatic carbocycles. The van der Waals surface area contributed by atoms with Crippen molar-refractivity contribution in [3.63, 3.8) is 0 Å². The van der Waals surface area contributed by atoms with Crippen molar-refractivity contribution in [2.75, 3.05) is 18.9 Å². The van der Waals surface area contributed by atoms with Crippen molar-refractivity contribution < 1.29 is 23.0 Å². The number of rotatable bonds is 4. The molecule has 2 N–H and O–H groups in total. The molecule has 4 nitrogen and oxygen atoms in total. The van der Waals surface area contributed by atoms with E-state index in [0.29, 0.717) is 0 Å². The second kappa shape index (κ2) is 5.97. The minimum atomic E-state index is -1.15. The second-order valence-corrected chi connectivity index (χ2v) is 4.95. The summed E-state index contributed by atoms with van der Waals surface area (Å²) in [7, 11) is 0. The minimum Gasteiger partial charge on any atom is -0.460 e. The summed E-state index contributed by atoms with van der Waals surface area (Å²) < 4.78 is 36.0. The van der Waals surface area contributed by atoms with Gasteiger partial charge in [-0.15, -0.1) is 0 Å². The van der Waals surface area contributed by atoms with Crippen molar-refractivity contribution in [1.29, 1.82) is 0 Å². The van der Waals surface area contributed by atoms with Crippen LogP contribution in [-0.4, -0.2) is 24.8 Å². The Labute approximate surface area is 110 Å². The zero-order chi connectivity index (χ0) is 14.6. The van der Waals surface area contributed by atoms with E-state index in [-0.39, 0.29) is 30.1 Å². The number of carbonyl (C=O) groups is 1. The topological polar surface area (TPSA) is 61.5 Å². The molecule has 0 unspecified atom stereocenters. The number of esters is 1. The zero-order valence-corrected chi connectivity index (χ0v) is 11.1. The summed E-state index contributed by atoms with van der Waals surface area (Å²) >= 11 is 0. The van der Waals surface area contributed by atoms with Crippen LogP contribution in [-0.2, 0) is 9.47 Å². The first-order chi connectivity index (χ1) is 8.70. The van der Waals surface area contributed by atoms with Gasteiger partial charge in [0.1, 0.15) is 6.61 Å². The lowest BCUT2D eigenvalue weighted by Gasteiger charge is -2.19. The number of anilines is 1. The first-order valence-electron chi connectivity index (χ1n) is 5.76. The summed E-state index contributed by atoms with van der Waals surface area (Å²) in [5.74, 6) is -3.06. The molecule has 19 heavy (non-hydrogen) atoms. The SMILES string of the molecule is CC(C)(C)OCCOC(=O)c1cc(F)c(F)cc1N. The van der Waals surface area contributed by atoms with Crippen LogP contribution in [0.1, 0.15) is 31.1 Å². The quantitative estimate of drug-likeness (QED) is 0.520. The van der Waals surface area contributed by atoms with Gasteiger partial charge in [-0.3, -0.25) is 0 Å². The maximum absolute atomic E-state index is 13.0. The van der Waals surface area contributed by atoms with E-state index in [0.717, 1.165) is 12.1 Å². The summed E-state index contributed by atoms with van der Waals surface area (Å²) in [6.45, 7) is 5.81. The molecule has 0 amide bonds. The summed E-state index contributed by atoms with van der Waals surface area (Å²) in [4.78, 5) is 11.6. The van der Waals surface area contributed by atoms with E-state index < -0.39 is 17.6 Å². The number of carbonyl (C=O) groups excluding carboxylic acids is 1. The highest BCUT2D eigenvalue weighted by molar-refractivity contribution is 5.95. The van der Waals surface area contributed by atoms with Crippen molar-refractivity contribution in [1.82, 2.24) is 0 Å². The Morgan fingerprint density at radius 2 is 1.79 bits per heavy atom. The number of halogens is 2. The molecule has 1 rings (SSSR count). The molecular weight excluding hydrogens is 256 g/mol. The van der Waals surface area contributed by atoms with Crippen LogP contribution in [0.3, 0.4) is 0 Å². The van der Waals surface area contributed by atoms with Gasteiger partial charge in [0.15, 0.2) is 11.6 Å². The van der Waals surface area contributed by atoms with Gasteiger partial charge < -0.3 is 15.2 Å². The van der Waals surface area contributed by atoms with E-state index in [1.165, 1.54) is 0 Å². The van der Waals surface area contributed by atoms with Gasteiger partial charge in [-0.25, -0.2) is 13.6 Å². The van der Waals surface area contributed by atoms with Crippen LogP contribution < -0.4 is 5.73 Å². The smallest absolute Gasteiger partial charge is 0.340 e. The number of nitrogens with two attached hydrogens (primary N) is 1. The molecule has 0 saturated carbocycles. The monoisotopic (exact) mass is 273 g/mol. The van der Waals surface area contributed by atoms with Crippen molar-refractivity contribution in [2.45, 2.75) is 26.4 Å². The predicted octanol–water partition coefficient (Wildman–Crippen LogP) is 2.52. The second-order valence-electron chi connectivity index (χ2n) is 4.95. The molecule has 1 aromatic carbocycles. The van der Waals surface area contributed by atoms with Gasteiger partial charge in [-0.2, -0.15) is 0 Å². The normalized spacial score (nSPS) is 11.4. The Morgan fingerprint density at radius 1 is 1.21 bits per heavy atom. The Balaban J connectivity index is 2.57. The third-order valence-electron chi connectivity index (χ3n) is 2.16. The standard InChI is InChI=1S/C13H17F2NO3/c1-13(2,3)19-5-4-18-12(17)8-6-9(14)10(15)7-11(8)16/h6-7H,4-5,16H2,1-3H3. The van der Waals surface area contributed by atoms with Crippen molar-refractivity contribution in [3.8, 4) is 0 Å². The van der Waals surface area contributed by atoms with Crippen LogP contribution >= 0.6 is 0 Å². The molecule has 0 fully saturated rings. The highest BCUT2D eigenvalue weighted by Gasteiger charge is 2.16. The summed E-state index contributed by atoms with van der Waals surface area (Å²) in [5.41, 5.74) is 4.72. The summed E-state index contributed by atoms with van der Waals surface area (Å²) in [5, 5.41) is 0. The molecule has 0 heterocycles. The van der Waals surface area contributed by atoms with Crippen molar-refractivity contribution in [2.24, 2.45) is 0 Å². The van der Waals surface area contributed by atoms with Crippen LogP contribution in [0.25, 0.3) is 0 Å². The molecule has 0 bridgehead atoms. The molecule has 0 spiro atoms. The minimum absolute atomic E-state index is 0.00847. The number of ether oxygens (including phenoxy) is 2. The van der Waals surface area contributed by atoms with Gasteiger partial charge in [-0.1, -0.05) is 0 Å². The van der Waals surface area contributed by atoms with Crippen LogP contribution in [0.15, 0.2) is 12.1 Å². The predicted molar refractivity (Wildman–Crippen MR) is 66.8 cm³/mol. The number of hydrogen-bond acceptors (Lipinski definition) is 4. The largest absolute Gasteiger partial charge is 0.460 e. The lowest BCUT2D eigenvalue weighted by atomic mass is 10.1. The number of benzene rings is 1. The van der Waals surface area contributed by atoms with Gasteiger partial charge in [0.2, 0.25) is 0 Å². The van der Waals surface area contributed by atoms with Crippen molar-refractivity contribution >= 4 is 11.7 Å². The Hall–Kier alpha value is -1.69. The highest BCUT2D eigenvalue weighted by atomic mass is 19.2. The lowest BCUT2D eigenvalue weighted by Crippen LogP contribution is -2.23. The third kappa shape index (κ3) is 4.82. The van der Waals surface area contributed by atoms with E-state index >= 15 is 0 Å². The van der Waals surface area contributed by atoms with Gasteiger partial charge in [0.05, 0.1) is 17.8 Å². The fraction of sp³-hybridized carbons (Fsp3) is 0.462. The zero-order valence-electron chi connectivity index (χ0n) is 11.1. The Morgan fingerprint density at radius 3 is 2.37 bits per heavy atom. The highest BCUT2D eigenvalue weighted by Crippen LogP contribution is 2.18. The molecule has 0 aliphatic rings. The van der Waals surface area contributed by atoms with Crippen LogP contribution in [0.5, 0.6) is 0 Å². The molecule has 0 saturated heterocycles. The summed E-state index contributed by atoms with van der Waals surface area (Å²) in [6.07, 6.45) is 0. The molecule has 0 atom stereocenters. The van der Waals surface area contributed by atoms with Gasteiger partial charge in [0.25, 0.3) is 0 Å². The molecule has 0 radical (unpaired) electrons. The first kappa shape index (κ1) is 15.4. The Bertz CT molecular complexity index is 470. The van der Waals surface area contributed by atoms with Gasteiger partial charge >= 0.3 is 5.97 Å². The van der Waals surface area contributed by atoms with Crippen LogP contribution in [0, 0.1) is 11.6 Å². The lowest BCUT2D eigenvalue weighted by molar-refractivity contribution is -0.0281. The molecular formula is C13H17F2NO3.